The standard InChI is InChI=1S/C18H18O4/c19-11-3-1-10(2-4-11)18-16-9-13(21)8-14(16)15-7-12(20)5-6-17(15)22-18/h1-7,13-14,16,18-21H,8-9H2/t13-,14+,16+,18+/m0/s1. The lowest BCUT2D eigenvalue weighted by atomic mass is 9.80. The van der Waals surface area contributed by atoms with Crippen LogP contribution in [0.5, 0.6) is 17.2 Å². The quantitative estimate of drug-likeness (QED) is 0.756. The molecule has 1 heterocycles. The summed E-state index contributed by atoms with van der Waals surface area (Å²) in [5, 5.41) is 29.3. The molecule has 2 aliphatic rings. The third kappa shape index (κ3) is 2.11. The molecule has 0 bridgehead atoms. The van der Waals surface area contributed by atoms with Crippen LogP contribution < -0.4 is 4.74 Å². The van der Waals surface area contributed by atoms with Crippen molar-refractivity contribution in [2.24, 2.45) is 5.92 Å². The fourth-order valence-electron chi connectivity index (χ4n) is 3.87. The highest BCUT2D eigenvalue weighted by Gasteiger charge is 2.45. The molecule has 0 spiro atoms. The van der Waals surface area contributed by atoms with Crippen molar-refractivity contribution in [3.63, 3.8) is 0 Å². The molecule has 22 heavy (non-hydrogen) atoms. The Hall–Kier alpha value is -2.20. The number of aliphatic hydroxyl groups is 1. The van der Waals surface area contributed by atoms with Gasteiger partial charge in [-0.05, 0) is 54.7 Å². The van der Waals surface area contributed by atoms with Crippen molar-refractivity contribution in [1.29, 1.82) is 0 Å². The Morgan fingerprint density at radius 3 is 2.41 bits per heavy atom. The van der Waals surface area contributed by atoms with E-state index in [1.54, 1.807) is 30.3 Å². The van der Waals surface area contributed by atoms with Crippen molar-refractivity contribution in [1.82, 2.24) is 0 Å². The van der Waals surface area contributed by atoms with E-state index in [9.17, 15) is 15.3 Å². The van der Waals surface area contributed by atoms with Gasteiger partial charge in [0, 0.05) is 11.5 Å². The molecule has 3 N–H and O–H groups in total. The van der Waals surface area contributed by atoms with Gasteiger partial charge in [-0.15, -0.1) is 0 Å². The normalized spacial score (nSPS) is 29.5. The van der Waals surface area contributed by atoms with E-state index in [4.69, 9.17) is 4.74 Å². The third-order valence-electron chi connectivity index (χ3n) is 4.84. The molecular weight excluding hydrogens is 280 g/mol. The van der Waals surface area contributed by atoms with Gasteiger partial charge in [-0.1, -0.05) is 12.1 Å². The first-order chi connectivity index (χ1) is 10.6. The van der Waals surface area contributed by atoms with Crippen LogP contribution in [-0.4, -0.2) is 21.4 Å². The molecule has 1 fully saturated rings. The van der Waals surface area contributed by atoms with Gasteiger partial charge >= 0.3 is 0 Å². The van der Waals surface area contributed by atoms with Gasteiger partial charge in [-0.25, -0.2) is 0 Å². The Kier molecular flexibility index (Phi) is 3.01. The lowest BCUT2D eigenvalue weighted by Crippen LogP contribution is -2.26. The highest BCUT2D eigenvalue weighted by atomic mass is 16.5. The van der Waals surface area contributed by atoms with Gasteiger partial charge in [-0.3, -0.25) is 0 Å². The molecule has 1 saturated carbocycles. The molecule has 0 saturated heterocycles. The van der Waals surface area contributed by atoms with Crippen LogP contribution in [0.2, 0.25) is 0 Å². The monoisotopic (exact) mass is 298 g/mol. The van der Waals surface area contributed by atoms with Crippen LogP contribution in [0.4, 0.5) is 0 Å². The van der Waals surface area contributed by atoms with Gasteiger partial charge in [-0.2, -0.15) is 0 Å². The topological polar surface area (TPSA) is 69.9 Å². The zero-order valence-corrected chi connectivity index (χ0v) is 12.0. The van der Waals surface area contributed by atoms with Gasteiger partial charge in [0.05, 0.1) is 6.10 Å². The summed E-state index contributed by atoms with van der Waals surface area (Å²) >= 11 is 0. The van der Waals surface area contributed by atoms with Crippen LogP contribution in [0.1, 0.15) is 36.0 Å². The van der Waals surface area contributed by atoms with Gasteiger partial charge in [0.2, 0.25) is 0 Å². The fourth-order valence-corrected chi connectivity index (χ4v) is 3.87. The number of aromatic hydroxyl groups is 2. The summed E-state index contributed by atoms with van der Waals surface area (Å²) in [5.74, 6) is 1.59. The van der Waals surface area contributed by atoms with Crippen LogP contribution in [0.3, 0.4) is 0 Å². The number of ether oxygens (including phenoxy) is 1. The predicted molar refractivity (Wildman–Crippen MR) is 81.1 cm³/mol. The summed E-state index contributed by atoms with van der Waals surface area (Å²) < 4.78 is 6.17. The molecule has 4 rings (SSSR count). The number of hydrogen-bond acceptors (Lipinski definition) is 4. The number of benzene rings is 2. The van der Waals surface area contributed by atoms with Crippen molar-refractivity contribution in [3.8, 4) is 17.2 Å². The maximum absolute atomic E-state index is 10.1. The van der Waals surface area contributed by atoms with Crippen molar-refractivity contribution in [3.05, 3.63) is 53.6 Å². The Bertz CT molecular complexity index is 695. The van der Waals surface area contributed by atoms with Crippen LogP contribution in [-0.2, 0) is 0 Å². The summed E-state index contributed by atoms with van der Waals surface area (Å²) in [4.78, 5) is 0. The number of aliphatic hydroxyl groups excluding tert-OH is 1. The maximum atomic E-state index is 10.1. The average Bonchev–Trinajstić information content (AvgIpc) is 2.89. The second-order valence-corrected chi connectivity index (χ2v) is 6.25. The van der Waals surface area contributed by atoms with E-state index in [2.05, 4.69) is 0 Å². The number of phenolic OH excluding ortho intramolecular Hbond substituents is 2. The Balaban J connectivity index is 1.78. The van der Waals surface area contributed by atoms with Crippen LogP contribution in [0.25, 0.3) is 0 Å². The molecule has 4 atom stereocenters. The van der Waals surface area contributed by atoms with E-state index >= 15 is 0 Å². The maximum Gasteiger partial charge on any atom is 0.127 e. The molecule has 1 aliphatic carbocycles. The number of hydrogen-bond donors (Lipinski definition) is 3. The third-order valence-corrected chi connectivity index (χ3v) is 4.84. The van der Waals surface area contributed by atoms with E-state index in [1.165, 1.54) is 0 Å². The van der Waals surface area contributed by atoms with E-state index in [0.29, 0.717) is 12.8 Å². The SMILES string of the molecule is Oc1ccc([C@H]2Oc3ccc(O)cc3[C@H]3C[C@H](O)C[C@H]32)cc1. The summed E-state index contributed by atoms with van der Waals surface area (Å²) in [6, 6.07) is 12.2. The van der Waals surface area contributed by atoms with Crippen molar-refractivity contribution >= 4 is 0 Å². The lowest BCUT2D eigenvalue weighted by Gasteiger charge is -2.36. The van der Waals surface area contributed by atoms with Crippen LogP contribution >= 0.6 is 0 Å². The van der Waals surface area contributed by atoms with Crippen molar-refractivity contribution < 1.29 is 20.1 Å². The molecule has 1 aliphatic heterocycles. The Morgan fingerprint density at radius 1 is 0.909 bits per heavy atom. The molecule has 0 amide bonds. The number of fused-ring (bicyclic) bond motifs is 3. The van der Waals surface area contributed by atoms with Crippen LogP contribution in [0.15, 0.2) is 42.5 Å². The van der Waals surface area contributed by atoms with Crippen molar-refractivity contribution in [2.75, 3.05) is 0 Å². The highest BCUT2D eigenvalue weighted by molar-refractivity contribution is 5.46. The molecule has 114 valence electrons. The summed E-state index contributed by atoms with van der Waals surface area (Å²) in [6.07, 6.45) is 0.899. The molecule has 4 heteroatoms. The smallest absolute Gasteiger partial charge is 0.127 e. The number of rotatable bonds is 1. The highest BCUT2D eigenvalue weighted by Crippen LogP contribution is 2.54. The fraction of sp³-hybridized carbons (Fsp3) is 0.333. The summed E-state index contributed by atoms with van der Waals surface area (Å²) in [6.45, 7) is 0. The number of phenols is 2. The van der Waals surface area contributed by atoms with E-state index < -0.39 is 0 Å². The van der Waals surface area contributed by atoms with Crippen LogP contribution in [0, 0.1) is 5.92 Å². The Morgan fingerprint density at radius 2 is 1.64 bits per heavy atom. The molecular formula is C18H18O4. The second kappa shape index (κ2) is 4.92. The molecule has 0 aromatic heterocycles. The minimum Gasteiger partial charge on any atom is -0.508 e. The predicted octanol–water partition coefficient (Wildman–Crippen LogP) is 3.09. The van der Waals surface area contributed by atoms with Gasteiger partial charge in [0.1, 0.15) is 23.4 Å². The molecule has 2 aromatic carbocycles. The zero-order valence-electron chi connectivity index (χ0n) is 12.0. The average molecular weight is 298 g/mol. The minimum absolute atomic E-state index is 0.139. The van der Waals surface area contributed by atoms with E-state index in [0.717, 1.165) is 16.9 Å². The molecule has 4 nitrogen and oxygen atoms in total. The summed E-state index contributed by atoms with van der Waals surface area (Å²) in [5.41, 5.74) is 1.98. The second-order valence-electron chi connectivity index (χ2n) is 6.25. The lowest BCUT2D eigenvalue weighted by molar-refractivity contribution is 0.0960. The van der Waals surface area contributed by atoms with Gasteiger partial charge in [0.15, 0.2) is 0 Å². The first-order valence-electron chi connectivity index (χ1n) is 7.58. The van der Waals surface area contributed by atoms with E-state index in [-0.39, 0.29) is 35.5 Å². The summed E-state index contributed by atoms with van der Waals surface area (Å²) in [7, 11) is 0. The largest absolute Gasteiger partial charge is 0.508 e. The minimum atomic E-state index is -0.341. The molecule has 0 radical (unpaired) electrons. The Labute approximate surface area is 128 Å². The van der Waals surface area contributed by atoms with Gasteiger partial charge < -0.3 is 20.1 Å². The zero-order chi connectivity index (χ0) is 15.3. The molecule has 0 unspecified atom stereocenters. The van der Waals surface area contributed by atoms with Gasteiger partial charge in [0.25, 0.3) is 0 Å². The first-order valence-corrected chi connectivity index (χ1v) is 7.58. The molecule has 2 aromatic rings. The first kappa shape index (κ1) is 13.5. The van der Waals surface area contributed by atoms with Crippen molar-refractivity contribution in [2.45, 2.75) is 31.0 Å². The van der Waals surface area contributed by atoms with E-state index in [1.807, 2.05) is 12.1 Å².